The maximum atomic E-state index is 5.81. The van der Waals surface area contributed by atoms with Crippen LogP contribution in [0.4, 0.5) is 0 Å². The summed E-state index contributed by atoms with van der Waals surface area (Å²) in [6.45, 7) is 0.771. The molecule has 1 nitrogen and oxygen atoms in total. The maximum absolute atomic E-state index is 5.81. The molecule has 0 unspecified atom stereocenters. The maximum Gasteiger partial charge on any atom is 0.143 e. The summed E-state index contributed by atoms with van der Waals surface area (Å²) in [5.74, 6) is 6.20. The van der Waals surface area contributed by atoms with Crippen LogP contribution in [-0.4, -0.2) is 6.61 Å². The Morgan fingerprint density at radius 3 is 2.86 bits per heavy atom. The van der Waals surface area contributed by atoms with Gasteiger partial charge in [0.2, 0.25) is 0 Å². The number of ether oxygens (including phenoxy) is 1. The van der Waals surface area contributed by atoms with Crippen molar-refractivity contribution in [3.63, 3.8) is 0 Å². The van der Waals surface area contributed by atoms with Crippen molar-refractivity contribution in [2.24, 2.45) is 0 Å². The number of hydrogen-bond acceptors (Lipinski definition) is 1. The molecule has 0 N–H and O–H groups in total. The first-order valence-electron chi connectivity index (χ1n) is 4.72. The molecular formula is C12H11ClO. The minimum atomic E-state index is -0.0743. The molecule has 1 aliphatic rings. The lowest BCUT2D eigenvalue weighted by molar-refractivity contribution is 0.0934. The van der Waals surface area contributed by atoms with E-state index in [1.165, 1.54) is 0 Å². The van der Waals surface area contributed by atoms with Gasteiger partial charge < -0.3 is 4.74 Å². The molecule has 1 aromatic rings. The Labute approximate surface area is 89.0 Å². The third-order valence-corrected chi connectivity index (χ3v) is 2.39. The van der Waals surface area contributed by atoms with Crippen molar-refractivity contribution in [3.8, 4) is 11.8 Å². The van der Waals surface area contributed by atoms with E-state index in [-0.39, 0.29) is 6.10 Å². The molecule has 0 aliphatic carbocycles. The van der Waals surface area contributed by atoms with E-state index < -0.39 is 0 Å². The van der Waals surface area contributed by atoms with Gasteiger partial charge in [0.1, 0.15) is 6.10 Å². The first-order chi connectivity index (χ1) is 6.86. The summed E-state index contributed by atoms with van der Waals surface area (Å²) in [5, 5.41) is 0.746. The second-order valence-corrected chi connectivity index (χ2v) is 3.66. The Morgan fingerprint density at radius 2 is 2.07 bits per heavy atom. The molecule has 72 valence electrons. The number of rotatable bonds is 1. The van der Waals surface area contributed by atoms with E-state index in [1.807, 2.05) is 24.3 Å². The van der Waals surface area contributed by atoms with Crippen LogP contribution in [0.3, 0.4) is 0 Å². The zero-order valence-electron chi connectivity index (χ0n) is 7.79. The van der Waals surface area contributed by atoms with Crippen LogP contribution in [0.2, 0.25) is 5.02 Å². The largest absolute Gasteiger partial charge is 0.361 e. The van der Waals surface area contributed by atoms with Crippen molar-refractivity contribution < 1.29 is 4.74 Å². The van der Waals surface area contributed by atoms with Gasteiger partial charge in [-0.05, 0) is 24.1 Å². The van der Waals surface area contributed by atoms with Crippen LogP contribution in [0, 0.1) is 11.8 Å². The fourth-order valence-electron chi connectivity index (χ4n) is 1.39. The second kappa shape index (κ2) is 4.50. The van der Waals surface area contributed by atoms with Crippen molar-refractivity contribution in [1.29, 1.82) is 0 Å². The quantitative estimate of drug-likeness (QED) is 0.642. The molecule has 1 heterocycles. The van der Waals surface area contributed by atoms with Gasteiger partial charge in [0, 0.05) is 18.1 Å². The first kappa shape index (κ1) is 9.58. The Bertz CT molecular complexity index is 358. The van der Waals surface area contributed by atoms with Crippen molar-refractivity contribution in [1.82, 2.24) is 0 Å². The Balaban J connectivity index is 2.19. The molecule has 0 bridgehead atoms. The van der Waals surface area contributed by atoms with Crippen LogP contribution in [0.25, 0.3) is 0 Å². The SMILES string of the molecule is Clc1ccc([C@@H]2C#CCCCO2)cc1. The van der Waals surface area contributed by atoms with E-state index in [2.05, 4.69) is 11.8 Å². The average molecular weight is 207 g/mol. The predicted molar refractivity (Wildman–Crippen MR) is 57.2 cm³/mol. The molecule has 0 aromatic heterocycles. The monoisotopic (exact) mass is 206 g/mol. The van der Waals surface area contributed by atoms with Gasteiger partial charge in [-0.15, -0.1) is 5.92 Å². The summed E-state index contributed by atoms with van der Waals surface area (Å²) in [4.78, 5) is 0. The van der Waals surface area contributed by atoms with E-state index in [1.54, 1.807) is 0 Å². The Hall–Kier alpha value is -0.970. The molecule has 1 atom stereocenters. The highest BCUT2D eigenvalue weighted by Gasteiger charge is 2.09. The fourth-order valence-corrected chi connectivity index (χ4v) is 1.51. The minimum absolute atomic E-state index is 0.0743. The zero-order valence-corrected chi connectivity index (χ0v) is 8.55. The van der Waals surface area contributed by atoms with Gasteiger partial charge >= 0.3 is 0 Å². The van der Waals surface area contributed by atoms with E-state index >= 15 is 0 Å². The summed E-state index contributed by atoms with van der Waals surface area (Å²) in [7, 11) is 0. The van der Waals surface area contributed by atoms with E-state index in [0.29, 0.717) is 0 Å². The standard InChI is InChI=1S/C12H11ClO/c13-11-7-5-10(6-8-11)12-4-2-1-3-9-14-12/h5-8,12H,1,3,9H2/t12-/m0/s1. The first-order valence-corrected chi connectivity index (χ1v) is 5.09. The third kappa shape index (κ3) is 2.29. The lowest BCUT2D eigenvalue weighted by atomic mass is 10.1. The highest BCUT2D eigenvalue weighted by Crippen LogP contribution is 2.20. The van der Waals surface area contributed by atoms with Gasteiger partial charge in [0.15, 0.2) is 0 Å². The molecule has 14 heavy (non-hydrogen) atoms. The van der Waals surface area contributed by atoms with Gasteiger partial charge in [-0.25, -0.2) is 0 Å². The fraction of sp³-hybridized carbons (Fsp3) is 0.333. The van der Waals surface area contributed by atoms with E-state index in [0.717, 1.165) is 30.0 Å². The molecule has 2 heteroatoms. The Morgan fingerprint density at radius 1 is 1.29 bits per heavy atom. The van der Waals surface area contributed by atoms with Crippen molar-refractivity contribution in [3.05, 3.63) is 34.9 Å². The van der Waals surface area contributed by atoms with Gasteiger partial charge in [-0.3, -0.25) is 0 Å². The third-order valence-electron chi connectivity index (χ3n) is 2.14. The summed E-state index contributed by atoms with van der Waals surface area (Å²) in [5.41, 5.74) is 1.09. The van der Waals surface area contributed by atoms with Gasteiger partial charge in [-0.1, -0.05) is 29.7 Å². The molecule has 0 amide bonds. The zero-order chi connectivity index (χ0) is 9.80. The number of hydrogen-bond donors (Lipinski definition) is 0. The summed E-state index contributed by atoms with van der Waals surface area (Å²) in [6.07, 6.45) is 1.89. The lowest BCUT2D eigenvalue weighted by Crippen LogP contribution is -2.01. The van der Waals surface area contributed by atoms with Gasteiger partial charge in [0.05, 0.1) is 0 Å². The summed E-state index contributed by atoms with van der Waals surface area (Å²) < 4.78 is 5.61. The number of halogens is 1. The van der Waals surface area contributed by atoms with Gasteiger partial charge in [0.25, 0.3) is 0 Å². The molecule has 2 rings (SSSR count). The summed E-state index contributed by atoms with van der Waals surface area (Å²) in [6, 6.07) is 7.67. The molecule has 0 saturated carbocycles. The van der Waals surface area contributed by atoms with Crippen molar-refractivity contribution in [2.75, 3.05) is 6.61 Å². The van der Waals surface area contributed by atoms with Crippen molar-refractivity contribution in [2.45, 2.75) is 18.9 Å². The molecular weight excluding hydrogens is 196 g/mol. The van der Waals surface area contributed by atoms with Crippen LogP contribution >= 0.6 is 11.6 Å². The van der Waals surface area contributed by atoms with Crippen LogP contribution in [0.15, 0.2) is 24.3 Å². The predicted octanol–water partition coefficient (Wildman–Crippen LogP) is 3.19. The molecule has 0 spiro atoms. The van der Waals surface area contributed by atoms with Gasteiger partial charge in [-0.2, -0.15) is 0 Å². The average Bonchev–Trinajstić information content (AvgIpc) is 2.47. The van der Waals surface area contributed by atoms with Crippen LogP contribution in [-0.2, 0) is 4.74 Å². The minimum Gasteiger partial charge on any atom is -0.361 e. The molecule has 0 fully saturated rings. The normalized spacial score (nSPS) is 20.8. The molecule has 1 aliphatic heterocycles. The van der Waals surface area contributed by atoms with Crippen LogP contribution < -0.4 is 0 Å². The summed E-state index contributed by atoms with van der Waals surface area (Å²) >= 11 is 5.81. The Kier molecular flexibility index (Phi) is 3.08. The molecule has 0 radical (unpaired) electrons. The lowest BCUT2D eigenvalue weighted by Gasteiger charge is -2.10. The highest BCUT2D eigenvalue weighted by molar-refractivity contribution is 6.30. The van der Waals surface area contributed by atoms with Crippen LogP contribution in [0.5, 0.6) is 0 Å². The van der Waals surface area contributed by atoms with Crippen molar-refractivity contribution >= 4 is 11.6 Å². The molecule has 0 saturated heterocycles. The number of benzene rings is 1. The topological polar surface area (TPSA) is 9.23 Å². The van der Waals surface area contributed by atoms with Crippen LogP contribution in [0.1, 0.15) is 24.5 Å². The smallest absolute Gasteiger partial charge is 0.143 e. The molecule has 1 aromatic carbocycles. The van der Waals surface area contributed by atoms with E-state index in [9.17, 15) is 0 Å². The van der Waals surface area contributed by atoms with E-state index in [4.69, 9.17) is 16.3 Å². The second-order valence-electron chi connectivity index (χ2n) is 3.23. The highest BCUT2D eigenvalue weighted by atomic mass is 35.5.